The second kappa shape index (κ2) is 7.00. The quantitative estimate of drug-likeness (QED) is 0.811. The topological polar surface area (TPSA) is 49.1 Å². The van der Waals surface area contributed by atoms with Crippen LogP contribution in [-0.2, 0) is 4.74 Å². The van der Waals surface area contributed by atoms with E-state index in [2.05, 4.69) is 4.98 Å². The summed E-state index contributed by atoms with van der Waals surface area (Å²) in [6.07, 6.45) is -0.200. The number of hydrogen-bond acceptors (Lipinski definition) is 4. The Morgan fingerprint density at radius 3 is 2.23 bits per heavy atom. The van der Waals surface area contributed by atoms with E-state index in [1.54, 1.807) is 30.9 Å². The number of aryl methyl sites for hydroxylation is 2. The lowest BCUT2D eigenvalue weighted by molar-refractivity contribution is -0.00541. The molecule has 0 bridgehead atoms. The summed E-state index contributed by atoms with van der Waals surface area (Å²) in [5.74, 6) is -1.31. The van der Waals surface area contributed by atoms with Crippen molar-refractivity contribution in [2.75, 3.05) is 18.0 Å². The molecule has 0 saturated carbocycles. The second-order valence-electron chi connectivity index (χ2n) is 6.85. The molecule has 6 heteroatoms. The third-order valence-corrected chi connectivity index (χ3v) is 4.44. The van der Waals surface area contributed by atoms with Gasteiger partial charge in [0.05, 0.1) is 17.9 Å². The Labute approximate surface area is 152 Å². The van der Waals surface area contributed by atoms with Gasteiger partial charge >= 0.3 is 0 Å². The Kier molecular flexibility index (Phi) is 4.92. The predicted molar refractivity (Wildman–Crippen MR) is 96.0 cm³/mol. The van der Waals surface area contributed by atoms with Crippen molar-refractivity contribution < 1.29 is 13.5 Å². The van der Waals surface area contributed by atoms with Gasteiger partial charge < -0.3 is 9.64 Å². The zero-order valence-electron chi connectivity index (χ0n) is 15.3. The maximum absolute atomic E-state index is 15.2. The van der Waals surface area contributed by atoms with Gasteiger partial charge in [0, 0.05) is 36.1 Å². The standard InChI is InChI=1S/C20H21F2N3O/c1-11-5-15(6-12(2)24-11)19-16(8-23)20(22)18(7-17(19)21)25-9-13(3)26-14(4)10-25/h5-7,13-14H,9-10H2,1-4H3. The number of hydrogen-bond donors (Lipinski definition) is 0. The molecule has 1 aromatic carbocycles. The zero-order chi connectivity index (χ0) is 19.0. The van der Waals surface area contributed by atoms with Crippen LogP contribution in [0, 0.1) is 36.8 Å². The monoisotopic (exact) mass is 357 g/mol. The van der Waals surface area contributed by atoms with Crippen molar-refractivity contribution in [3.63, 3.8) is 0 Å². The third kappa shape index (κ3) is 3.40. The Balaban J connectivity index is 2.15. The lowest BCUT2D eigenvalue weighted by Crippen LogP contribution is -2.46. The normalized spacial score (nSPS) is 20.1. The van der Waals surface area contributed by atoms with Crippen molar-refractivity contribution in [1.29, 1.82) is 5.26 Å². The van der Waals surface area contributed by atoms with Gasteiger partial charge in [0.1, 0.15) is 17.4 Å². The summed E-state index contributed by atoms with van der Waals surface area (Å²) in [7, 11) is 0. The van der Waals surface area contributed by atoms with Crippen LogP contribution in [0.3, 0.4) is 0 Å². The third-order valence-electron chi connectivity index (χ3n) is 4.44. The highest BCUT2D eigenvalue weighted by atomic mass is 19.1. The lowest BCUT2D eigenvalue weighted by atomic mass is 9.97. The molecule has 2 atom stereocenters. The van der Waals surface area contributed by atoms with E-state index < -0.39 is 11.6 Å². The molecule has 1 fully saturated rings. The van der Waals surface area contributed by atoms with Crippen LogP contribution in [0.1, 0.15) is 30.8 Å². The van der Waals surface area contributed by atoms with Crippen LogP contribution < -0.4 is 4.90 Å². The van der Waals surface area contributed by atoms with Gasteiger partial charge in [0.15, 0.2) is 5.82 Å². The summed E-state index contributed by atoms with van der Waals surface area (Å²) in [5, 5.41) is 9.53. The van der Waals surface area contributed by atoms with Crippen LogP contribution >= 0.6 is 0 Å². The van der Waals surface area contributed by atoms with E-state index in [0.717, 1.165) is 0 Å². The van der Waals surface area contributed by atoms with E-state index in [4.69, 9.17) is 4.74 Å². The van der Waals surface area contributed by atoms with Gasteiger partial charge in [-0.1, -0.05) is 0 Å². The van der Waals surface area contributed by atoms with Crippen LogP contribution in [0.15, 0.2) is 18.2 Å². The summed E-state index contributed by atoms with van der Waals surface area (Å²) < 4.78 is 35.8. The van der Waals surface area contributed by atoms with Crippen LogP contribution in [0.4, 0.5) is 14.5 Å². The first-order valence-corrected chi connectivity index (χ1v) is 8.58. The van der Waals surface area contributed by atoms with Crippen molar-refractivity contribution in [2.45, 2.75) is 39.9 Å². The molecule has 0 spiro atoms. The van der Waals surface area contributed by atoms with Gasteiger partial charge in [-0.3, -0.25) is 4.98 Å². The molecular weight excluding hydrogens is 336 g/mol. The molecule has 3 rings (SSSR count). The van der Waals surface area contributed by atoms with Gasteiger partial charge in [0.25, 0.3) is 0 Å². The minimum absolute atomic E-state index is 0.0169. The number of pyridine rings is 1. The molecule has 1 aromatic heterocycles. The zero-order valence-corrected chi connectivity index (χ0v) is 15.3. The fraction of sp³-hybridized carbons (Fsp3) is 0.400. The molecule has 0 radical (unpaired) electrons. The summed E-state index contributed by atoms with van der Waals surface area (Å²) in [6, 6.07) is 6.35. The summed E-state index contributed by atoms with van der Waals surface area (Å²) in [4.78, 5) is 5.99. The molecule has 2 unspecified atom stereocenters. The molecule has 0 amide bonds. The Morgan fingerprint density at radius 1 is 1.12 bits per heavy atom. The van der Waals surface area contributed by atoms with Gasteiger partial charge in [-0.2, -0.15) is 5.26 Å². The van der Waals surface area contributed by atoms with Crippen LogP contribution in [0.2, 0.25) is 0 Å². The van der Waals surface area contributed by atoms with Crippen LogP contribution in [0.25, 0.3) is 11.1 Å². The van der Waals surface area contributed by atoms with Gasteiger partial charge in [-0.15, -0.1) is 0 Å². The minimum atomic E-state index is -0.697. The van der Waals surface area contributed by atoms with Gasteiger partial charge in [-0.25, -0.2) is 8.78 Å². The molecule has 2 heterocycles. The molecule has 1 aliphatic heterocycles. The number of rotatable bonds is 2. The van der Waals surface area contributed by atoms with Crippen molar-refractivity contribution in [2.24, 2.45) is 0 Å². The molecule has 4 nitrogen and oxygen atoms in total. The number of halogens is 2. The van der Waals surface area contributed by atoms with Crippen molar-refractivity contribution in [1.82, 2.24) is 4.98 Å². The molecule has 0 aliphatic carbocycles. The van der Waals surface area contributed by atoms with E-state index in [9.17, 15) is 9.65 Å². The van der Waals surface area contributed by atoms with Crippen LogP contribution in [0.5, 0.6) is 0 Å². The molecule has 2 aromatic rings. The van der Waals surface area contributed by atoms with Crippen molar-refractivity contribution in [3.05, 3.63) is 46.8 Å². The van der Waals surface area contributed by atoms with E-state index in [0.29, 0.717) is 30.0 Å². The first kappa shape index (κ1) is 18.3. The number of nitriles is 1. The Bertz CT molecular complexity index is 861. The first-order chi connectivity index (χ1) is 12.3. The average molecular weight is 357 g/mol. The van der Waals surface area contributed by atoms with E-state index >= 15 is 4.39 Å². The van der Waals surface area contributed by atoms with Crippen LogP contribution in [-0.4, -0.2) is 30.3 Å². The summed E-state index contributed by atoms with van der Waals surface area (Å²) in [6.45, 7) is 8.22. The second-order valence-corrected chi connectivity index (χ2v) is 6.85. The van der Waals surface area contributed by atoms with Crippen molar-refractivity contribution >= 4 is 5.69 Å². The number of morpholine rings is 1. The lowest BCUT2D eigenvalue weighted by Gasteiger charge is -2.37. The largest absolute Gasteiger partial charge is 0.372 e. The predicted octanol–water partition coefficient (Wildman–Crippen LogP) is 4.13. The summed E-state index contributed by atoms with van der Waals surface area (Å²) >= 11 is 0. The van der Waals surface area contributed by atoms with E-state index in [1.165, 1.54) is 6.07 Å². The number of nitrogens with zero attached hydrogens (tertiary/aromatic N) is 3. The summed E-state index contributed by atoms with van der Waals surface area (Å²) in [5.41, 5.74) is 1.63. The molecular formula is C20H21F2N3O. The molecule has 26 heavy (non-hydrogen) atoms. The minimum Gasteiger partial charge on any atom is -0.372 e. The molecule has 136 valence electrons. The fourth-order valence-corrected chi connectivity index (χ4v) is 3.58. The fourth-order valence-electron chi connectivity index (χ4n) is 3.58. The average Bonchev–Trinajstić information content (AvgIpc) is 2.54. The highest BCUT2D eigenvalue weighted by molar-refractivity contribution is 5.75. The van der Waals surface area contributed by atoms with E-state index in [1.807, 2.05) is 19.9 Å². The molecule has 1 aliphatic rings. The maximum Gasteiger partial charge on any atom is 0.165 e. The highest BCUT2D eigenvalue weighted by Crippen LogP contribution is 2.35. The maximum atomic E-state index is 15.2. The SMILES string of the molecule is Cc1cc(-c2c(F)cc(N3CC(C)OC(C)C3)c(F)c2C#N)cc(C)n1. The van der Waals surface area contributed by atoms with Crippen molar-refractivity contribution in [3.8, 4) is 17.2 Å². The Morgan fingerprint density at radius 2 is 1.69 bits per heavy atom. The number of ether oxygens (including phenoxy) is 1. The molecule has 0 N–H and O–H groups in total. The van der Waals surface area contributed by atoms with Gasteiger partial charge in [0.2, 0.25) is 0 Å². The first-order valence-electron chi connectivity index (χ1n) is 8.58. The number of aromatic nitrogens is 1. The molecule has 1 saturated heterocycles. The number of benzene rings is 1. The van der Waals surface area contributed by atoms with Gasteiger partial charge in [-0.05, 0) is 45.4 Å². The Hall–Kier alpha value is -2.52. The van der Waals surface area contributed by atoms with E-state index in [-0.39, 0.29) is 29.0 Å². The number of anilines is 1. The highest BCUT2D eigenvalue weighted by Gasteiger charge is 2.28. The smallest absolute Gasteiger partial charge is 0.165 e.